The number of hydrogen-bond donors (Lipinski definition) is 4. The number of nitrogens with one attached hydrogen (secondary N) is 1. The Morgan fingerprint density at radius 1 is 1.23 bits per heavy atom. The molecule has 4 heteroatoms. The van der Waals surface area contributed by atoms with Crippen LogP contribution in [-0.2, 0) is 0 Å². The van der Waals surface area contributed by atoms with E-state index in [1.807, 2.05) is 0 Å². The average molecular weight is 189 g/mol. The molecule has 0 spiro atoms. The third-order valence-electron chi connectivity index (χ3n) is 2.79. The van der Waals surface area contributed by atoms with Gasteiger partial charge in [0.25, 0.3) is 0 Å². The Balaban J connectivity index is 2.31. The number of hydrogen-bond acceptors (Lipinski definition) is 4. The third-order valence-corrected chi connectivity index (χ3v) is 2.79. The maximum absolute atomic E-state index is 9.20. The molecular formula is C9H19NO3. The maximum atomic E-state index is 9.20. The van der Waals surface area contributed by atoms with Gasteiger partial charge in [-0.3, -0.25) is 0 Å². The SMILES string of the molecule is OCC(O)CNC1(CO)CCCC1. The van der Waals surface area contributed by atoms with Crippen LogP contribution in [0.4, 0.5) is 0 Å². The van der Waals surface area contributed by atoms with Crippen molar-refractivity contribution in [3.63, 3.8) is 0 Å². The Morgan fingerprint density at radius 2 is 1.85 bits per heavy atom. The zero-order valence-electron chi connectivity index (χ0n) is 7.87. The van der Waals surface area contributed by atoms with Gasteiger partial charge in [-0.1, -0.05) is 12.8 Å². The highest BCUT2D eigenvalue weighted by Crippen LogP contribution is 2.28. The van der Waals surface area contributed by atoms with Crippen molar-refractivity contribution in [1.82, 2.24) is 5.32 Å². The molecule has 0 aromatic rings. The second kappa shape index (κ2) is 4.91. The normalized spacial score (nSPS) is 23.3. The van der Waals surface area contributed by atoms with Crippen molar-refractivity contribution in [3.8, 4) is 0 Å². The first-order chi connectivity index (χ1) is 6.22. The van der Waals surface area contributed by atoms with E-state index < -0.39 is 6.10 Å². The Kier molecular flexibility index (Phi) is 4.12. The van der Waals surface area contributed by atoms with Crippen molar-refractivity contribution in [2.75, 3.05) is 19.8 Å². The van der Waals surface area contributed by atoms with Crippen LogP contribution in [0.25, 0.3) is 0 Å². The summed E-state index contributed by atoms with van der Waals surface area (Å²) in [7, 11) is 0. The van der Waals surface area contributed by atoms with E-state index >= 15 is 0 Å². The van der Waals surface area contributed by atoms with Crippen LogP contribution in [0.1, 0.15) is 25.7 Å². The quantitative estimate of drug-likeness (QED) is 0.458. The summed E-state index contributed by atoms with van der Waals surface area (Å²) in [5.74, 6) is 0. The van der Waals surface area contributed by atoms with Crippen molar-refractivity contribution >= 4 is 0 Å². The van der Waals surface area contributed by atoms with E-state index in [1.165, 1.54) is 0 Å². The monoisotopic (exact) mass is 189 g/mol. The van der Waals surface area contributed by atoms with Crippen LogP contribution in [0.5, 0.6) is 0 Å². The largest absolute Gasteiger partial charge is 0.394 e. The van der Waals surface area contributed by atoms with E-state index in [-0.39, 0.29) is 18.8 Å². The predicted octanol–water partition coefficient (Wildman–Crippen LogP) is -0.766. The smallest absolute Gasteiger partial charge is 0.0895 e. The summed E-state index contributed by atoms with van der Waals surface area (Å²) < 4.78 is 0. The number of aliphatic hydroxyl groups excluding tert-OH is 3. The Morgan fingerprint density at radius 3 is 2.31 bits per heavy atom. The second-order valence-electron chi connectivity index (χ2n) is 3.86. The zero-order chi connectivity index (χ0) is 9.73. The Labute approximate surface area is 78.6 Å². The van der Waals surface area contributed by atoms with Gasteiger partial charge < -0.3 is 20.6 Å². The minimum atomic E-state index is -0.718. The molecule has 1 atom stereocenters. The molecule has 1 rings (SSSR count). The summed E-state index contributed by atoms with van der Waals surface area (Å²) in [6, 6.07) is 0. The van der Waals surface area contributed by atoms with Gasteiger partial charge in [-0.15, -0.1) is 0 Å². The maximum Gasteiger partial charge on any atom is 0.0895 e. The molecule has 0 heterocycles. The van der Waals surface area contributed by atoms with Gasteiger partial charge in [-0.2, -0.15) is 0 Å². The van der Waals surface area contributed by atoms with Gasteiger partial charge in [0, 0.05) is 12.1 Å². The number of β-amino-alcohol motifs (C(OH)–C–C–N with tert-alkyl or cyclic N) is 1. The lowest BCUT2D eigenvalue weighted by molar-refractivity contribution is 0.0761. The molecule has 4 nitrogen and oxygen atoms in total. The molecule has 0 aliphatic heterocycles. The molecule has 0 bridgehead atoms. The number of rotatable bonds is 5. The molecular weight excluding hydrogens is 170 g/mol. The van der Waals surface area contributed by atoms with E-state index in [4.69, 9.17) is 10.2 Å². The molecule has 1 fully saturated rings. The summed E-state index contributed by atoms with van der Waals surface area (Å²) in [4.78, 5) is 0. The lowest BCUT2D eigenvalue weighted by Gasteiger charge is -2.29. The van der Waals surface area contributed by atoms with Gasteiger partial charge in [0.2, 0.25) is 0 Å². The molecule has 78 valence electrons. The minimum absolute atomic E-state index is 0.116. The topological polar surface area (TPSA) is 72.7 Å². The van der Waals surface area contributed by atoms with Gasteiger partial charge in [0.05, 0.1) is 19.3 Å². The van der Waals surface area contributed by atoms with Gasteiger partial charge in [0.15, 0.2) is 0 Å². The Hall–Kier alpha value is -0.160. The fraction of sp³-hybridized carbons (Fsp3) is 1.00. The summed E-state index contributed by atoms with van der Waals surface area (Å²) in [6.07, 6.45) is 3.46. The zero-order valence-corrected chi connectivity index (χ0v) is 7.87. The molecule has 4 N–H and O–H groups in total. The summed E-state index contributed by atoms with van der Waals surface area (Å²) in [5, 5.41) is 30.1. The highest BCUT2D eigenvalue weighted by molar-refractivity contribution is 4.92. The first-order valence-corrected chi connectivity index (χ1v) is 4.87. The molecule has 1 saturated carbocycles. The lowest BCUT2D eigenvalue weighted by Crippen LogP contribution is -2.49. The van der Waals surface area contributed by atoms with Crippen LogP contribution in [0.2, 0.25) is 0 Å². The predicted molar refractivity (Wildman–Crippen MR) is 49.4 cm³/mol. The number of aliphatic hydroxyl groups is 3. The molecule has 0 amide bonds. The lowest BCUT2D eigenvalue weighted by atomic mass is 9.99. The van der Waals surface area contributed by atoms with Gasteiger partial charge in [-0.25, -0.2) is 0 Å². The van der Waals surface area contributed by atoms with Crippen molar-refractivity contribution in [1.29, 1.82) is 0 Å². The first-order valence-electron chi connectivity index (χ1n) is 4.87. The highest BCUT2D eigenvalue weighted by Gasteiger charge is 2.32. The van der Waals surface area contributed by atoms with Crippen LogP contribution in [-0.4, -0.2) is 46.7 Å². The van der Waals surface area contributed by atoms with E-state index in [9.17, 15) is 5.11 Å². The van der Waals surface area contributed by atoms with E-state index in [1.54, 1.807) is 0 Å². The van der Waals surface area contributed by atoms with Crippen molar-refractivity contribution in [2.24, 2.45) is 0 Å². The highest BCUT2D eigenvalue weighted by atomic mass is 16.3. The molecule has 0 aromatic carbocycles. The molecule has 0 radical (unpaired) electrons. The molecule has 1 unspecified atom stereocenters. The second-order valence-corrected chi connectivity index (χ2v) is 3.86. The van der Waals surface area contributed by atoms with Crippen molar-refractivity contribution < 1.29 is 15.3 Å². The fourth-order valence-corrected chi connectivity index (χ4v) is 1.84. The molecule has 13 heavy (non-hydrogen) atoms. The summed E-state index contributed by atoms with van der Waals surface area (Å²) in [6.45, 7) is 0.247. The Bertz CT molecular complexity index is 146. The third kappa shape index (κ3) is 2.91. The molecule has 1 aliphatic rings. The average Bonchev–Trinajstić information content (AvgIpc) is 2.63. The van der Waals surface area contributed by atoms with Crippen molar-refractivity contribution in [3.05, 3.63) is 0 Å². The van der Waals surface area contributed by atoms with Crippen LogP contribution in [0.15, 0.2) is 0 Å². The molecule has 0 saturated heterocycles. The van der Waals surface area contributed by atoms with Crippen LogP contribution < -0.4 is 5.32 Å². The van der Waals surface area contributed by atoms with Crippen LogP contribution in [0.3, 0.4) is 0 Å². The molecule has 1 aliphatic carbocycles. The first kappa shape index (κ1) is 10.9. The van der Waals surface area contributed by atoms with E-state index in [0.717, 1.165) is 25.7 Å². The van der Waals surface area contributed by atoms with E-state index in [0.29, 0.717) is 6.54 Å². The van der Waals surface area contributed by atoms with E-state index in [2.05, 4.69) is 5.32 Å². The summed E-state index contributed by atoms with van der Waals surface area (Å²) in [5.41, 5.74) is -0.198. The fourth-order valence-electron chi connectivity index (χ4n) is 1.84. The van der Waals surface area contributed by atoms with Crippen molar-refractivity contribution in [2.45, 2.75) is 37.3 Å². The summed E-state index contributed by atoms with van der Waals surface area (Å²) >= 11 is 0. The minimum Gasteiger partial charge on any atom is -0.394 e. The van der Waals surface area contributed by atoms with Gasteiger partial charge in [-0.05, 0) is 12.8 Å². The standard InChI is InChI=1S/C9H19NO3/c11-6-8(13)5-10-9(7-12)3-1-2-4-9/h8,10-13H,1-7H2. The van der Waals surface area contributed by atoms with Crippen LogP contribution >= 0.6 is 0 Å². The van der Waals surface area contributed by atoms with Gasteiger partial charge >= 0.3 is 0 Å². The molecule has 0 aromatic heterocycles. The van der Waals surface area contributed by atoms with Crippen LogP contribution in [0, 0.1) is 0 Å². The van der Waals surface area contributed by atoms with Gasteiger partial charge in [0.1, 0.15) is 0 Å².